The smallest absolute Gasteiger partial charge is 0.335 e. The Labute approximate surface area is 93.1 Å². The van der Waals surface area contributed by atoms with Crippen LogP contribution in [0.1, 0.15) is 15.9 Å². The number of aryl methyl sites for hydroxylation is 2. The molecule has 0 atom stereocenters. The third-order valence-corrected chi connectivity index (χ3v) is 2.51. The normalized spacial score (nSPS) is 10.4. The van der Waals surface area contributed by atoms with Crippen LogP contribution in [0.4, 0.5) is 0 Å². The average Bonchev–Trinajstić information content (AvgIpc) is 2.65. The van der Waals surface area contributed by atoms with Gasteiger partial charge in [-0.2, -0.15) is 5.10 Å². The lowest BCUT2D eigenvalue weighted by Crippen LogP contribution is -1.99. The van der Waals surface area contributed by atoms with E-state index in [0.717, 1.165) is 16.7 Å². The highest BCUT2D eigenvalue weighted by Crippen LogP contribution is 2.21. The first-order valence-electron chi connectivity index (χ1n) is 4.91. The van der Waals surface area contributed by atoms with Crippen LogP contribution in [-0.4, -0.2) is 20.9 Å². The zero-order valence-corrected chi connectivity index (χ0v) is 9.14. The second kappa shape index (κ2) is 3.81. The van der Waals surface area contributed by atoms with Crippen molar-refractivity contribution in [2.75, 3.05) is 0 Å². The maximum absolute atomic E-state index is 11.0. The van der Waals surface area contributed by atoms with Gasteiger partial charge < -0.3 is 5.11 Å². The summed E-state index contributed by atoms with van der Waals surface area (Å²) in [5, 5.41) is 13.1. The molecule has 0 aliphatic rings. The minimum Gasteiger partial charge on any atom is -0.478 e. The van der Waals surface area contributed by atoms with Crippen molar-refractivity contribution in [1.82, 2.24) is 9.78 Å². The Bertz CT molecular complexity index is 544. The molecule has 1 aromatic carbocycles. The van der Waals surface area contributed by atoms with Gasteiger partial charge in [-0.1, -0.05) is 12.1 Å². The Hall–Kier alpha value is -2.10. The second-order valence-electron chi connectivity index (χ2n) is 3.74. The molecule has 0 spiro atoms. The lowest BCUT2D eigenvalue weighted by molar-refractivity contribution is 0.0696. The van der Waals surface area contributed by atoms with Crippen molar-refractivity contribution in [2.24, 2.45) is 7.05 Å². The monoisotopic (exact) mass is 216 g/mol. The van der Waals surface area contributed by atoms with Crippen molar-refractivity contribution in [2.45, 2.75) is 6.92 Å². The van der Waals surface area contributed by atoms with Gasteiger partial charge in [0.05, 0.1) is 11.8 Å². The SMILES string of the molecule is Cc1ccc(-c2cnn(C)c2)cc1C(=O)O. The molecule has 0 amide bonds. The quantitative estimate of drug-likeness (QED) is 0.836. The van der Waals surface area contributed by atoms with Crippen molar-refractivity contribution in [3.8, 4) is 11.1 Å². The van der Waals surface area contributed by atoms with Crippen molar-refractivity contribution >= 4 is 5.97 Å². The number of hydrogen-bond donors (Lipinski definition) is 1. The van der Waals surface area contributed by atoms with Gasteiger partial charge in [0.25, 0.3) is 0 Å². The summed E-state index contributed by atoms with van der Waals surface area (Å²) in [7, 11) is 1.83. The molecule has 0 radical (unpaired) electrons. The Morgan fingerprint density at radius 1 is 1.38 bits per heavy atom. The van der Waals surface area contributed by atoms with Crippen LogP contribution < -0.4 is 0 Å². The molecule has 0 aliphatic carbocycles. The first-order valence-corrected chi connectivity index (χ1v) is 4.91. The van der Waals surface area contributed by atoms with Gasteiger partial charge in [0.15, 0.2) is 0 Å². The van der Waals surface area contributed by atoms with E-state index in [9.17, 15) is 4.79 Å². The number of carbonyl (C=O) groups is 1. The number of benzene rings is 1. The van der Waals surface area contributed by atoms with Crippen molar-refractivity contribution in [3.63, 3.8) is 0 Å². The molecule has 1 heterocycles. The summed E-state index contributed by atoms with van der Waals surface area (Å²) in [5.74, 6) is -0.900. The van der Waals surface area contributed by atoms with Crippen LogP contribution in [0.2, 0.25) is 0 Å². The third kappa shape index (κ3) is 1.82. The van der Waals surface area contributed by atoms with Gasteiger partial charge in [0.2, 0.25) is 0 Å². The molecule has 1 N–H and O–H groups in total. The summed E-state index contributed by atoms with van der Waals surface area (Å²) in [6, 6.07) is 5.39. The number of carboxylic acids is 1. The first-order chi connectivity index (χ1) is 7.58. The van der Waals surface area contributed by atoms with Gasteiger partial charge in [0.1, 0.15) is 0 Å². The fourth-order valence-corrected chi connectivity index (χ4v) is 1.60. The van der Waals surface area contributed by atoms with E-state index in [-0.39, 0.29) is 0 Å². The van der Waals surface area contributed by atoms with Crippen LogP contribution in [0.25, 0.3) is 11.1 Å². The van der Waals surface area contributed by atoms with E-state index < -0.39 is 5.97 Å². The second-order valence-corrected chi connectivity index (χ2v) is 3.74. The van der Waals surface area contributed by atoms with E-state index >= 15 is 0 Å². The largest absolute Gasteiger partial charge is 0.478 e. The summed E-state index contributed by atoms with van der Waals surface area (Å²) in [5.41, 5.74) is 2.89. The Morgan fingerprint density at radius 3 is 2.69 bits per heavy atom. The lowest BCUT2D eigenvalue weighted by Gasteiger charge is -2.03. The highest BCUT2D eigenvalue weighted by atomic mass is 16.4. The first kappa shape index (κ1) is 10.4. The maximum Gasteiger partial charge on any atom is 0.335 e. The fraction of sp³-hybridized carbons (Fsp3) is 0.167. The molecule has 4 heteroatoms. The molecule has 0 fully saturated rings. The molecular formula is C12H12N2O2. The predicted molar refractivity (Wildman–Crippen MR) is 60.3 cm³/mol. The Balaban J connectivity index is 2.51. The van der Waals surface area contributed by atoms with Crippen LogP contribution in [0.5, 0.6) is 0 Å². The fourth-order valence-electron chi connectivity index (χ4n) is 1.60. The highest BCUT2D eigenvalue weighted by molar-refractivity contribution is 5.91. The number of aromatic carboxylic acids is 1. The summed E-state index contributed by atoms with van der Waals surface area (Å²) in [4.78, 5) is 11.0. The molecular weight excluding hydrogens is 204 g/mol. The molecule has 0 saturated carbocycles. The number of carboxylic acid groups (broad SMARTS) is 1. The molecule has 0 bridgehead atoms. The predicted octanol–water partition coefficient (Wildman–Crippen LogP) is 2.09. The zero-order valence-electron chi connectivity index (χ0n) is 9.14. The van der Waals surface area contributed by atoms with Crippen LogP contribution in [0.3, 0.4) is 0 Å². The number of hydrogen-bond acceptors (Lipinski definition) is 2. The van der Waals surface area contributed by atoms with E-state index in [1.165, 1.54) is 0 Å². The third-order valence-electron chi connectivity index (χ3n) is 2.51. The minimum atomic E-state index is -0.900. The van der Waals surface area contributed by atoms with Gasteiger partial charge in [-0.15, -0.1) is 0 Å². The topological polar surface area (TPSA) is 55.1 Å². The number of rotatable bonds is 2. The molecule has 2 aromatic rings. The Kier molecular flexibility index (Phi) is 2.48. The molecule has 0 saturated heterocycles. The summed E-state index contributed by atoms with van der Waals surface area (Å²) in [6.45, 7) is 1.79. The van der Waals surface area contributed by atoms with E-state index in [0.29, 0.717) is 5.56 Å². The Morgan fingerprint density at radius 2 is 2.12 bits per heavy atom. The summed E-state index contributed by atoms with van der Waals surface area (Å²) >= 11 is 0. The van der Waals surface area contributed by atoms with Crippen molar-refractivity contribution in [3.05, 3.63) is 41.7 Å². The standard InChI is InChI=1S/C12H12N2O2/c1-8-3-4-9(5-11(8)12(15)16)10-6-13-14(2)7-10/h3-7H,1-2H3,(H,15,16). The molecule has 16 heavy (non-hydrogen) atoms. The molecule has 0 aliphatic heterocycles. The average molecular weight is 216 g/mol. The van der Waals surface area contributed by atoms with Gasteiger partial charge in [-0.25, -0.2) is 4.79 Å². The van der Waals surface area contributed by atoms with Gasteiger partial charge in [-0.05, 0) is 24.1 Å². The summed E-state index contributed by atoms with van der Waals surface area (Å²) in [6.07, 6.45) is 3.58. The van der Waals surface area contributed by atoms with Gasteiger partial charge in [-0.3, -0.25) is 4.68 Å². The van der Waals surface area contributed by atoms with Crippen molar-refractivity contribution in [1.29, 1.82) is 0 Å². The molecule has 0 unspecified atom stereocenters. The van der Waals surface area contributed by atoms with Crippen molar-refractivity contribution < 1.29 is 9.90 Å². The molecule has 82 valence electrons. The van der Waals surface area contributed by atoms with Gasteiger partial charge in [0, 0.05) is 18.8 Å². The highest BCUT2D eigenvalue weighted by Gasteiger charge is 2.09. The van der Waals surface area contributed by atoms with E-state index in [1.807, 2.05) is 25.4 Å². The van der Waals surface area contributed by atoms with Crippen LogP contribution in [0, 0.1) is 6.92 Å². The van der Waals surface area contributed by atoms with Gasteiger partial charge >= 0.3 is 5.97 Å². The van der Waals surface area contributed by atoms with Crippen LogP contribution in [0.15, 0.2) is 30.6 Å². The molecule has 2 rings (SSSR count). The van der Waals surface area contributed by atoms with E-state index in [2.05, 4.69) is 5.10 Å². The van der Waals surface area contributed by atoms with E-state index in [4.69, 9.17) is 5.11 Å². The van der Waals surface area contributed by atoms with E-state index in [1.54, 1.807) is 23.9 Å². The minimum absolute atomic E-state index is 0.335. The maximum atomic E-state index is 11.0. The zero-order chi connectivity index (χ0) is 11.7. The molecule has 4 nitrogen and oxygen atoms in total. The molecule has 1 aromatic heterocycles. The van der Waals surface area contributed by atoms with Crippen LogP contribution >= 0.6 is 0 Å². The number of aromatic nitrogens is 2. The lowest BCUT2D eigenvalue weighted by atomic mass is 10.0. The number of nitrogens with zero attached hydrogens (tertiary/aromatic N) is 2. The summed E-state index contributed by atoms with van der Waals surface area (Å²) < 4.78 is 1.69. The van der Waals surface area contributed by atoms with Crippen LogP contribution in [-0.2, 0) is 7.05 Å².